The lowest BCUT2D eigenvalue weighted by Crippen LogP contribution is -2.64. The number of carbonyl (C=O) groups excluding carboxylic acids is 1. The van der Waals surface area contributed by atoms with Gasteiger partial charge >= 0.3 is 0 Å². The first-order chi connectivity index (χ1) is 15.2. The third-order valence-corrected chi connectivity index (χ3v) is 9.71. The van der Waals surface area contributed by atoms with Gasteiger partial charge in [0.15, 0.2) is 5.78 Å². The summed E-state index contributed by atoms with van der Waals surface area (Å²) in [7, 11) is 0. The number of rotatable bonds is 3. The minimum atomic E-state index is -1.16. The van der Waals surface area contributed by atoms with Crippen molar-refractivity contribution in [3.63, 3.8) is 0 Å². The molecule has 1 heterocycles. The summed E-state index contributed by atoms with van der Waals surface area (Å²) in [5.41, 5.74) is -0.824. The van der Waals surface area contributed by atoms with Crippen LogP contribution in [-0.2, 0) is 9.53 Å². The Bertz CT molecular complexity index is 1010. The predicted octanol–water partition coefficient (Wildman–Crippen LogP) is 3.80. The monoisotopic (exact) mass is 436 g/mol. The molecular weight excluding hydrogens is 404 g/mol. The average Bonchev–Trinajstić information content (AvgIpc) is 3.49. The van der Waals surface area contributed by atoms with E-state index in [0.29, 0.717) is 25.2 Å². The maximum absolute atomic E-state index is 12.2. The van der Waals surface area contributed by atoms with Gasteiger partial charge in [-0.3, -0.25) is 4.79 Å². The Balaban J connectivity index is 1.35. The van der Waals surface area contributed by atoms with E-state index in [-0.39, 0.29) is 29.0 Å². The zero-order chi connectivity index (χ0) is 22.4. The molecule has 1 saturated heterocycles. The first kappa shape index (κ1) is 20.6. The van der Waals surface area contributed by atoms with Gasteiger partial charge in [0.2, 0.25) is 0 Å². The zero-order valence-electron chi connectivity index (χ0n) is 18.8. The Hall–Kier alpha value is -1.95. The molecule has 6 rings (SSSR count). The van der Waals surface area contributed by atoms with Gasteiger partial charge in [-0.05, 0) is 68.2 Å². The molecule has 0 radical (unpaired) electrons. The van der Waals surface area contributed by atoms with Crippen LogP contribution in [0.1, 0.15) is 46.0 Å². The topological polar surface area (TPSA) is 79.3 Å². The van der Waals surface area contributed by atoms with Gasteiger partial charge in [0.25, 0.3) is 5.79 Å². The molecule has 2 N–H and O–H groups in total. The van der Waals surface area contributed by atoms with Crippen LogP contribution >= 0.6 is 0 Å². The zero-order valence-corrected chi connectivity index (χ0v) is 18.8. The molecule has 1 aromatic carbocycles. The number of benzene rings is 1. The number of hydrogen-bond acceptors (Lipinski definition) is 5. The van der Waals surface area contributed by atoms with Gasteiger partial charge in [-0.1, -0.05) is 43.7 Å². The van der Waals surface area contributed by atoms with E-state index < -0.39 is 22.9 Å². The second-order valence-electron chi connectivity index (χ2n) is 11.1. The molecule has 5 nitrogen and oxygen atoms in total. The first-order valence-electron chi connectivity index (χ1n) is 12.0. The second-order valence-corrected chi connectivity index (χ2v) is 11.1. The van der Waals surface area contributed by atoms with Gasteiger partial charge in [0, 0.05) is 16.7 Å². The molecule has 0 bridgehead atoms. The summed E-state index contributed by atoms with van der Waals surface area (Å²) in [5.74, 6) is 0.295. The largest absolute Gasteiger partial charge is 0.457 e. The molecule has 4 fully saturated rings. The van der Waals surface area contributed by atoms with Crippen LogP contribution < -0.4 is 4.74 Å². The fourth-order valence-electron chi connectivity index (χ4n) is 8.08. The third kappa shape index (κ3) is 2.53. The summed E-state index contributed by atoms with van der Waals surface area (Å²) in [5, 5.41) is 23.8. The smallest absolute Gasteiger partial charge is 0.264 e. The van der Waals surface area contributed by atoms with E-state index in [4.69, 9.17) is 9.47 Å². The molecule has 8 atom stereocenters. The Kier molecular flexibility index (Phi) is 4.23. The highest BCUT2D eigenvalue weighted by Gasteiger charge is 2.77. The highest BCUT2D eigenvalue weighted by Crippen LogP contribution is 2.70. The Morgan fingerprint density at radius 1 is 1.16 bits per heavy atom. The van der Waals surface area contributed by atoms with Crippen molar-refractivity contribution < 1.29 is 24.5 Å². The molecule has 2 unspecified atom stereocenters. The van der Waals surface area contributed by atoms with Gasteiger partial charge in [0.1, 0.15) is 18.0 Å². The van der Waals surface area contributed by atoms with Crippen molar-refractivity contribution in [3.05, 3.63) is 54.1 Å². The van der Waals surface area contributed by atoms with E-state index in [2.05, 4.69) is 13.8 Å². The van der Waals surface area contributed by atoms with Crippen molar-refractivity contribution in [2.45, 2.75) is 63.4 Å². The number of aliphatic hydroxyl groups excluding tert-OH is 1. The molecule has 1 aromatic rings. The molecule has 170 valence electrons. The van der Waals surface area contributed by atoms with Crippen molar-refractivity contribution in [2.75, 3.05) is 6.61 Å². The summed E-state index contributed by atoms with van der Waals surface area (Å²) in [6.45, 7) is 4.67. The van der Waals surface area contributed by atoms with Gasteiger partial charge in [-0.25, -0.2) is 0 Å². The highest BCUT2D eigenvalue weighted by atomic mass is 16.8. The standard InChI is InChI=1S/C27H32O5/c1-24-12-10-18(28)14-17(24)8-9-20-21-11-13-26(30,25(21,2)15-22(29)23(20)24)27(16-31-27)32-19-6-4-3-5-7-19/h3-7,10,12,14,20-23,29-30H,8-9,11,13,15-16H2,1-2H3/t20-,21-,22?,23+,24-,25-,26+,27?/m0/s1. The molecule has 0 spiro atoms. The van der Waals surface area contributed by atoms with E-state index in [1.807, 2.05) is 36.4 Å². The van der Waals surface area contributed by atoms with E-state index in [0.717, 1.165) is 24.8 Å². The number of carbonyl (C=O) groups is 1. The Morgan fingerprint density at radius 3 is 2.62 bits per heavy atom. The van der Waals surface area contributed by atoms with Crippen LogP contribution in [0.3, 0.4) is 0 Å². The molecule has 0 aromatic heterocycles. The number of ether oxygens (including phenoxy) is 2. The van der Waals surface area contributed by atoms with Gasteiger partial charge in [-0.2, -0.15) is 0 Å². The Labute approximate surface area is 189 Å². The molecular formula is C27H32O5. The van der Waals surface area contributed by atoms with Crippen LogP contribution in [0.25, 0.3) is 0 Å². The number of allylic oxidation sites excluding steroid dienone is 4. The fraction of sp³-hybridized carbons (Fsp3) is 0.593. The predicted molar refractivity (Wildman–Crippen MR) is 119 cm³/mol. The van der Waals surface area contributed by atoms with Crippen LogP contribution in [-0.4, -0.2) is 40.1 Å². The van der Waals surface area contributed by atoms with E-state index >= 15 is 0 Å². The van der Waals surface area contributed by atoms with Crippen molar-refractivity contribution in [1.29, 1.82) is 0 Å². The summed E-state index contributed by atoms with van der Waals surface area (Å²) in [6, 6.07) is 9.55. The normalized spacial score (nSPS) is 49.0. The maximum atomic E-state index is 12.2. The lowest BCUT2D eigenvalue weighted by Gasteiger charge is -2.60. The Morgan fingerprint density at radius 2 is 1.91 bits per heavy atom. The summed E-state index contributed by atoms with van der Waals surface area (Å²) >= 11 is 0. The SMILES string of the molecule is C[C@]12C=CC(=O)C=C1CC[C@@H]1[C@@H]2C(O)C[C@@]2(C)[C@H]1CC[C@]2(O)C1(Oc2ccccc2)CO1. The quantitative estimate of drug-likeness (QED) is 0.705. The van der Waals surface area contributed by atoms with E-state index in [9.17, 15) is 15.0 Å². The first-order valence-corrected chi connectivity index (χ1v) is 12.0. The minimum Gasteiger partial charge on any atom is -0.457 e. The third-order valence-electron chi connectivity index (χ3n) is 9.71. The van der Waals surface area contributed by atoms with Gasteiger partial charge < -0.3 is 19.7 Å². The van der Waals surface area contributed by atoms with Crippen LogP contribution in [0.15, 0.2) is 54.1 Å². The fourth-order valence-corrected chi connectivity index (χ4v) is 8.08. The molecule has 32 heavy (non-hydrogen) atoms. The lowest BCUT2D eigenvalue weighted by molar-refractivity contribution is -0.223. The molecule has 0 amide bonds. The lowest BCUT2D eigenvalue weighted by atomic mass is 9.46. The molecule has 4 aliphatic carbocycles. The van der Waals surface area contributed by atoms with Gasteiger partial charge in [0.05, 0.1) is 6.10 Å². The summed E-state index contributed by atoms with van der Waals surface area (Å²) in [4.78, 5) is 12.0. The van der Waals surface area contributed by atoms with Crippen molar-refractivity contribution in [1.82, 2.24) is 0 Å². The molecule has 5 aliphatic rings. The van der Waals surface area contributed by atoms with Crippen molar-refractivity contribution >= 4 is 5.78 Å². The number of ketones is 1. The number of para-hydroxylation sites is 1. The highest BCUT2D eigenvalue weighted by molar-refractivity contribution is 6.01. The average molecular weight is 437 g/mol. The summed E-state index contributed by atoms with van der Waals surface area (Å²) < 4.78 is 12.2. The van der Waals surface area contributed by atoms with E-state index in [1.165, 1.54) is 0 Å². The van der Waals surface area contributed by atoms with Gasteiger partial charge in [-0.15, -0.1) is 0 Å². The number of fused-ring (bicyclic) bond motifs is 5. The van der Waals surface area contributed by atoms with Crippen LogP contribution in [0.4, 0.5) is 0 Å². The molecule has 5 heteroatoms. The van der Waals surface area contributed by atoms with Crippen LogP contribution in [0.5, 0.6) is 5.75 Å². The minimum absolute atomic E-state index is 0.0483. The van der Waals surface area contributed by atoms with Crippen LogP contribution in [0.2, 0.25) is 0 Å². The second kappa shape index (κ2) is 6.55. The molecule has 1 aliphatic heterocycles. The summed E-state index contributed by atoms with van der Waals surface area (Å²) in [6.07, 6.45) is 8.71. The van der Waals surface area contributed by atoms with Crippen LogP contribution in [0, 0.1) is 28.6 Å². The number of epoxide rings is 1. The van der Waals surface area contributed by atoms with Crippen molar-refractivity contribution in [2.24, 2.45) is 28.6 Å². The number of hydrogen-bond donors (Lipinski definition) is 2. The van der Waals surface area contributed by atoms with Crippen molar-refractivity contribution in [3.8, 4) is 5.75 Å². The van der Waals surface area contributed by atoms with E-state index in [1.54, 1.807) is 12.2 Å². The maximum Gasteiger partial charge on any atom is 0.264 e. The number of aliphatic hydroxyl groups is 2. The molecule has 3 saturated carbocycles.